The molecule has 5 nitrogen and oxygen atoms in total. The summed E-state index contributed by atoms with van der Waals surface area (Å²) in [4.78, 5) is 27.2. The highest BCUT2D eigenvalue weighted by molar-refractivity contribution is 14.1. The van der Waals surface area contributed by atoms with Crippen LogP contribution < -0.4 is 10.8 Å². The predicted octanol–water partition coefficient (Wildman–Crippen LogP) is 0.954. The molecule has 2 amide bonds. The summed E-state index contributed by atoms with van der Waals surface area (Å²) in [5.74, 6) is -1.58. The van der Waals surface area contributed by atoms with Gasteiger partial charge < -0.3 is 5.32 Å². The summed E-state index contributed by atoms with van der Waals surface area (Å²) in [5.41, 5.74) is 2.08. The van der Waals surface area contributed by atoms with Gasteiger partial charge in [-0.15, -0.1) is 0 Å². The van der Waals surface area contributed by atoms with Crippen LogP contribution in [0.5, 0.6) is 0 Å². The van der Waals surface area contributed by atoms with Gasteiger partial charge in [-0.25, -0.2) is 5.48 Å². The van der Waals surface area contributed by atoms with Gasteiger partial charge in [0.15, 0.2) is 0 Å². The fourth-order valence-corrected chi connectivity index (χ4v) is 2.02. The molecular formula is C7H8Cl3IN2O3. The van der Waals surface area contributed by atoms with Crippen LogP contribution in [0.4, 0.5) is 0 Å². The van der Waals surface area contributed by atoms with Gasteiger partial charge in [0, 0.05) is 4.43 Å². The van der Waals surface area contributed by atoms with Crippen molar-refractivity contribution in [1.82, 2.24) is 10.8 Å². The van der Waals surface area contributed by atoms with Gasteiger partial charge in [-0.05, 0) is 0 Å². The number of carbonyl (C=O) groups is 2. The molecule has 0 aliphatic carbocycles. The summed E-state index contributed by atoms with van der Waals surface area (Å²) < 4.78 is -0.955. The number of β-lactam (4-membered cyclic amide) rings is 1. The molecule has 1 saturated heterocycles. The lowest BCUT2D eigenvalue weighted by molar-refractivity contribution is -0.150. The maximum atomic E-state index is 11.5. The fourth-order valence-electron chi connectivity index (χ4n) is 1.12. The van der Waals surface area contributed by atoms with Crippen LogP contribution in [0.15, 0.2) is 0 Å². The first kappa shape index (κ1) is 14.6. The lowest BCUT2D eigenvalue weighted by atomic mass is 9.91. The van der Waals surface area contributed by atoms with E-state index in [1.165, 1.54) is 0 Å². The summed E-state index contributed by atoms with van der Waals surface area (Å²) in [6.07, 6.45) is 0. The van der Waals surface area contributed by atoms with Crippen molar-refractivity contribution < 1.29 is 14.4 Å². The van der Waals surface area contributed by atoms with Crippen molar-refractivity contribution in [3.8, 4) is 0 Å². The molecule has 1 fully saturated rings. The molecule has 0 aromatic heterocycles. The van der Waals surface area contributed by atoms with Gasteiger partial charge in [-0.1, -0.05) is 57.4 Å². The van der Waals surface area contributed by atoms with Gasteiger partial charge in [0.2, 0.25) is 9.70 Å². The molecule has 1 heterocycles. The second-order valence-electron chi connectivity index (χ2n) is 3.12. The Balaban J connectivity index is 2.33. The molecule has 0 spiro atoms. The first-order valence-electron chi connectivity index (χ1n) is 4.20. The molecular weight excluding hydrogens is 393 g/mol. The molecule has 1 rings (SSSR count). The SMILES string of the molecule is O=C(NOCC(Cl)(Cl)Cl)C1C(=O)NC1CI. The van der Waals surface area contributed by atoms with Gasteiger partial charge in [-0.2, -0.15) is 0 Å². The lowest BCUT2D eigenvalue weighted by Gasteiger charge is -2.34. The Morgan fingerprint density at radius 1 is 1.56 bits per heavy atom. The van der Waals surface area contributed by atoms with Gasteiger partial charge in [-0.3, -0.25) is 14.4 Å². The van der Waals surface area contributed by atoms with E-state index in [4.69, 9.17) is 34.8 Å². The van der Waals surface area contributed by atoms with Crippen molar-refractivity contribution in [3.05, 3.63) is 0 Å². The molecule has 16 heavy (non-hydrogen) atoms. The zero-order valence-corrected chi connectivity index (χ0v) is 12.2. The van der Waals surface area contributed by atoms with E-state index in [2.05, 4.69) is 38.2 Å². The molecule has 0 aromatic carbocycles. The van der Waals surface area contributed by atoms with Gasteiger partial charge in [0.05, 0.1) is 6.04 Å². The Morgan fingerprint density at radius 3 is 2.62 bits per heavy atom. The number of carbonyl (C=O) groups excluding carboxylic acids is 2. The Hall–Kier alpha value is 0.500. The summed E-state index contributed by atoms with van der Waals surface area (Å²) in [7, 11) is 0. The van der Waals surface area contributed by atoms with E-state index in [0.29, 0.717) is 4.43 Å². The van der Waals surface area contributed by atoms with Crippen LogP contribution in [0.25, 0.3) is 0 Å². The zero-order chi connectivity index (χ0) is 12.3. The highest BCUT2D eigenvalue weighted by Crippen LogP contribution is 2.25. The number of hydrogen-bond acceptors (Lipinski definition) is 3. The van der Waals surface area contributed by atoms with Crippen molar-refractivity contribution in [2.75, 3.05) is 11.0 Å². The van der Waals surface area contributed by atoms with E-state index in [0.717, 1.165) is 0 Å². The number of hydrogen-bond donors (Lipinski definition) is 2. The molecule has 0 saturated carbocycles. The molecule has 1 aliphatic heterocycles. The molecule has 2 N–H and O–H groups in total. The standard InChI is InChI=1S/C7H8Cl3IN2O3/c8-7(9,10)2-16-13-6(15)4-3(1-11)12-5(4)14/h3-4H,1-2H2,(H,12,14)(H,13,15). The summed E-state index contributed by atoms with van der Waals surface area (Å²) in [6.45, 7) is -0.285. The average Bonchev–Trinajstić information content (AvgIpc) is 2.11. The smallest absolute Gasteiger partial charge is 0.258 e. The molecule has 2 atom stereocenters. The Labute approximate surface area is 121 Å². The minimum atomic E-state index is -1.60. The lowest BCUT2D eigenvalue weighted by Crippen LogP contribution is -2.64. The number of halogens is 4. The van der Waals surface area contributed by atoms with E-state index < -0.39 is 15.6 Å². The summed E-state index contributed by atoms with van der Waals surface area (Å²) in [6, 6.07) is -0.163. The van der Waals surface area contributed by atoms with E-state index in [9.17, 15) is 9.59 Å². The number of hydroxylamine groups is 1. The first-order chi connectivity index (χ1) is 7.35. The Morgan fingerprint density at radius 2 is 2.19 bits per heavy atom. The fraction of sp³-hybridized carbons (Fsp3) is 0.714. The Kier molecular flexibility index (Phi) is 5.37. The van der Waals surface area contributed by atoms with Crippen molar-refractivity contribution in [2.45, 2.75) is 9.83 Å². The third-order valence-corrected chi connectivity index (χ3v) is 3.15. The number of rotatable bonds is 4. The van der Waals surface area contributed by atoms with E-state index >= 15 is 0 Å². The largest absolute Gasteiger partial charge is 0.350 e. The van der Waals surface area contributed by atoms with Crippen LogP contribution in [-0.2, 0) is 14.4 Å². The molecule has 9 heteroatoms. The van der Waals surface area contributed by atoms with Crippen molar-refractivity contribution in [3.63, 3.8) is 0 Å². The molecule has 2 unspecified atom stereocenters. The number of nitrogens with one attached hydrogen (secondary N) is 2. The third-order valence-electron chi connectivity index (χ3n) is 1.87. The van der Waals surface area contributed by atoms with E-state index in [1.807, 2.05) is 0 Å². The summed E-state index contributed by atoms with van der Waals surface area (Å²) in [5, 5.41) is 2.59. The average molecular weight is 401 g/mol. The second kappa shape index (κ2) is 5.90. The maximum absolute atomic E-state index is 11.5. The Bertz CT molecular complexity index is 297. The predicted molar refractivity (Wildman–Crippen MR) is 68.7 cm³/mol. The topological polar surface area (TPSA) is 67.4 Å². The van der Waals surface area contributed by atoms with Crippen LogP contribution in [-0.4, -0.2) is 32.7 Å². The highest BCUT2D eigenvalue weighted by atomic mass is 127. The van der Waals surface area contributed by atoms with Crippen LogP contribution in [0.2, 0.25) is 0 Å². The first-order valence-corrected chi connectivity index (χ1v) is 6.86. The number of alkyl halides is 4. The number of amides is 2. The molecule has 0 aromatic rings. The van der Waals surface area contributed by atoms with Crippen LogP contribution in [0.3, 0.4) is 0 Å². The molecule has 0 bridgehead atoms. The highest BCUT2D eigenvalue weighted by Gasteiger charge is 2.44. The second-order valence-corrected chi connectivity index (χ2v) is 6.51. The van der Waals surface area contributed by atoms with E-state index in [-0.39, 0.29) is 18.6 Å². The minimum absolute atomic E-state index is 0.163. The molecule has 0 radical (unpaired) electrons. The molecule has 92 valence electrons. The van der Waals surface area contributed by atoms with Crippen molar-refractivity contribution in [1.29, 1.82) is 0 Å². The maximum Gasteiger partial charge on any atom is 0.258 e. The zero-order valence-electron chi connectivity index (χ0n) is 7.81. The quantitative estimate of drug-likeness (QED) is 0.242. The van der Waals surface area contributed by atoms with Crippen LogP contribution in [0.1, 0.15) is 0 Å². The summed E-state index contributed by atoms with van der Waals surface area (Å²) >= 11 is 18.3. The normalized spacial score (nSPS) is 24.6. The van der Waals surface area contributed by atoms with Gasteiger partial charge in [0.25, 0.3) is 5.91 Å². The molecule has 1 aliphatic rings. The monoisotopic (exact) mass is 400 g/mol. The van der Waals surface area contributed by atoms with E-state index in [1.54, 1.807) is 0 Å². The van der Waals surface area contributed by atoms with Crippen LogP contribution in [0, 0.1) is 5.92 Å². The van der Waals surface area contributed by atoms with Crippen molar-refractivity contribution >= 4 is 69.2 Å². The third kappa shape index (κ3) is 4.06. The van der Waals surface area contributed by atoms with Crippen LogP contribution >= 0.6 is 57.4 Å². The van der Waals surface area contributed by atoms with Crippen molar-refractivity contribution in [2.24, 2.45) is 5.92 Å². The minimum Gasteiger partial charge on any atom is -0.350 e. The van der Waals surface area contributed by atoms with Gasteiger partial charge in [0.1, 0.15) is 12.5 Å². The van der Waals surface area contributed by atoms with Gasteiger partial charge >= 0.3 is 0 Å².